The van der Waals surface area contributed by atoms with E-state index in [1.54, 1.807) is 30.3 Å². The molecular weight excluding hydrogens is 351 g/mol. The molecule has 0 saturated carbocycles. The van der Waals surface area contributed by atoms with Crippen molar-refractivity contribution in [2.45, 2.75) is 43.9 Å². The van der Waals surface area contributed by atoms with Crippen molar-refractivity contribution in [3.63, 3.8) is 0 Å². The third-order valence-corrected chi connectivity index (χ3v) is 4.65. The maximum atomic E-state index is 12.5. The summed E-state index contributed by atoms with van der Waals surface area (Å²) in [5.41, 5.74) is 0.332. The minimum absolute atomic E-state index is 0. The number of aryl methyl sites for hydroxylation is 1. The molecule has 0 heterocycles. The van der Waals surface area contributed by atoms with Crippen molar-refractivity contribution < 1.29 is 52.4 Å². The number of ether oxygens (including phenoxy) is 1. The molecule has 0 fully saturated rings. The van der Waals surface area contributed by atoms with Crippen molar-refractivity contribution in [3.8, 4) is 17.2 Å². The molecule has 130 valence electrons. The Bertz CT molecular complexity index is 776. The second-order valence-electron chi connectivity index (χ2n) is 5.58. The van der Waals surface area contributed by atoms with Gasteiger partial charge in [0.2, 0.25) is 0 Å². The molecule has 25 heavy (non-hydrogen) atoms. The molecule has 2 rings (SSSR count). The summed E-state index contributed by atoms with van der Waals surface area (Å²) in [5, 5.41) is 12.5. The van der Waals surface area contributed by atoms with E-state index in [0.717, 1.165) is 25.7 Å². The molecule has 2 aromatic rings. The van der Waals surface area contributed by atoms with Crippen LogP contribution in [0.5, 0.6) is 17.2 Å². The third kappa shape index (κ3) is 6.31. The third-order valence-electron chi connectivity index (χ3n) is 3.69. The Balaban J connectivity index is 0.00000312. The minimum Gasteiger partial charge on any atom is -0.869 e. The molecular formula is C18H21NaO5S. The van der Waals surface area contributed by atoms with Gasteiger partial charge in [0.25, 0.3) is 10.1 Å². The Morgan fingerprint density at radius 1 is 1.04 bits per heavy atom. The Hall–Kier alpha value is -1.05. The maximum Gasteiger partial charge on any atom is 1.00 e. The number of hydrogen-bond acceptors (Lipinski definition) is 4. The molecule has 0 saturated heterocycles. The Labute approximate surface area is 171 Å². The van der Waals surface area contributed by atoms with Crippen LogP contribution in [-0.2, 0) is 16.5 Å². The first-order chi connectivity index (χ1) is 11.4. The van der Waals surface area contributed by atoms with Gasteiger partial charge in [-0.15, -0.1) is 0 Å². The number of para-hydroxylation sites is 1. The van der Waals surface area contributed by atoms with Gasteiger partial charge < -0.3 is 9.84 Å². The standard InChI is InChI=1S/C18H22O5S.Na/c1-2-3-4-6-9-14-12-13-16(17(19)18(14)24(20,21)22)23-15-10-7-5-8-11-15;/h5,7-8,10-13,19H,2-4,6,9H2,1H3,(H,20,21,22);/q;+1/p-1. The first-order valence-electron chi connectivity index (χ1n) is 7.96. The molecule has 1 N–H and O–H groups in total. The van der Waals surface area contributed by atoms with Gasteiger partial charge in [0.1, 0.15) is 11.5 Å². The SMILES string of the molecule is CCCCCCc1ccc(Oc2ccccc2)c([O-])c1S(=O)(=O)O.[Na+]. The van der Waals surface area contributed by atoms with Gasteiger partial charge in [0.05, 0.1) is 4.90 Å². The number of hydrogen-bond donors (Lipinski definition) is 1. The Kier molecular flexibility index (Phi) is 8.96. The van der Waals surface area contributed by atoms with Crippen molar-refractivity contribution in [3.05, 3.63) is 48.0 Å². The molecule has 0 aromatic heterocycles. The normalized spacial score (nSPS) is 11.0. The van der Waals surface area contributed by atoms with Crippen molar-refractivity contribution in [2.75, 3.05) is 0 Å². The molecule has 0 aliphatic rings. The summed E-state index contributed by atoms with van der Waals surface area (Å²) in [4.78, 5) is -0.576. The summed E-state index contributed by atoms with van der Waals surface area (Å²) < 4.78 is 38.3. The zero-order valence-corrected chi connectivity index (χ0v) is 17.4. The quantitative estimate of drug-likeness (QED) is 0.423. The van der Waals surface area contributed by atoms with E-state index in [-0.39, 0.29) is 35.3 Å². The average molecular weight is 372 g/mol. The first kappa shape index (κ1) is 22.0. The molecule has 2 aromatic carbocycles. The zero-order valence-electron chi connectivity index (χ0n) is 14.6. The predicted molar refractivity (Wildman–Crippen MR) is 90.1 cm³/mol. The summed E-state index contributed by atoms with van der Waals surface area (Å²) in [6, 6.07) is 11.6. The zero-order chi connectivity index (χ0) is 17.6. The molecule has 5 nitrogen and oxygen atoms in total. The molecule has 0 aliphatic carbocycles. The Morgan fingerprint density at radius 2 is 1.72 bits per heavy atom. The number of benzene rings is 2. The largest absolute Gasteiger partial charge is 1.00 e. The van der Waals surface area contributed by atoms with Gasteiger partial charge in [-0.05, 0) is 42.4 Å². The van der Waals surface area contributed by atoms with E-state index >= 15 is 0 Å². The summed E-state index contributed by atoms with van der Waals surface area (Å²) in [6.45, 7) is 2.08. The van der Waals surface area contributed by atoms with Gasteiger partial charge in [-0.25, -0.2) is 0 Å². The monoisotopic (exact) mass is 372 g/mol. The van der Waals surface area contributed by atoms with Gasteiger partial charge in [0, 0.05) is 0 Å². The molecule has 0 amide bonds. The fourth-order valence-electron chi connectivity index (χ4n) is 2.50. The van der Waals surface area contributed by atoms with Crippen LogP contribution >= 0.6 is 0 Å². The average Bonchev–Trinajstić information content (AvgIpc) is 2.54. The van der Waals surface area contributed by atoms with E-state index in [9.17, 15) is 18.1 Å². The van der Waals surface area contributed by atoms with Crippen LogP contribution in [0, 0.1) is 0 Å². The van der Waals surface area contributed by atoms with E-state index in [2.05, 4.69) is 6.92 Å². The van der Waals surface area contributed by atoms with Crippen molar-refractivity contribution in [2.24, 2.45) is 0 Å². The first-order valence-corrected chi connectivity index (χ1v) is 9.40. The van der Waals surface area contributed by atoms with Crippen LogP contribution in [0.25, 0.3) is 0 Å². The van der Waals surface area contributed by atoms with E-state index in [4.69, 9.17) is 4.74 Å². The minimum atomic E-state index is -4.61. The van der Waals surface area contributed by atoms with E-state index in [0.29, 0.717) is 17.7 Å². The van der Waals surface area contributed by atoms with Gasteiger partial charge >= 0.3 is 29.6 Å². The number of unbranched alkanes of at least 4 members (excludes halogenated alkanes) is 3. The van der Waals surface area contributed by atoms with Crippen LogP contribution in [0.3, 0.4) is 0 Å². The fourth-order valence-corrected chi connectivity index (χ4v) is 3.34. The van der Waals surface area contributed by atoms with Gasteiger partial charge in [-0.1, -0.05) is 50.5 Å². The second kappa shape index (κ2) is 10.2. The smallest absolute Gasteiger partial charge is 0.869 e. The predicted octanol–water partition coefficient (Wildman–Crippen LogP) is 0.926. The molecule has 0 aliphatic heterocycles. The van der Waals surface area contributed by atoms with Gasteiger partial charge in [-0.2, -0.15) is 8.42 Å². The molecule has 0 bridgehead atoms. The molecule has 0 unspecified atom stereocenters. The second-order valence-corrected chi connectivity index (χ2v) is 6.94. The van der Waals surface area contributed by atoms with Crippen LogP contribution in [0.2, 0.25) is 0 Å². The summed E-state index contributed by atoms with van der Waals surface area (Å²) in [5.74, 6) is -0.507. The molecule has 0 atom stereocenters. The van der Waals surface area contributed by atoms with Crippen molar-refractivity contribution in [1.29, 1.82) is 0 Å². The van der Waals surface area contributed by atoms with Crippen LogP contribution in [0.4, 0.5) is 0 Å². The van der Waals surface area contributed by atoms with Crippen LogP contribution < -0.4 is 39.4 Å². The summed E-state index contributed by atoms with van der Waals surface area (Å²) in [6.07, 6.45) is 4.23. The van der Waals surface area contributed by atoms with E-state index in [1.165, 1.54) is 12.1 Å². The fraction of sp³-hybridized carbons (Fsp3) is 0.333. The van der Waals surface area contributed by atoms with E-state index < -0.39 is 20.8 Å². The molecule has 7 heteroatoms. The summed E-state index contributed by atoms with van der Waals surface area (Å²) in [7, 11) is -4.61. The van der Waals surface area contributed by atoms with Crippen LogP contribution in [0.1, 0.15) is 38.2 Å². The number of rotatable bonds is 8. The van der Waals surface area contributed by atoms with Crippen LogP contribution in [-0.4, -0.2) is 13.0 Å². The molecule has 0 radical (unpaired) electrons. The maximum absolute atomic E-state index is 12.5. The van der Waals surface area contributed by atoms with Crippen molar-refractivity contribution in [1.82, 2.24) is 0 Å². The summed E-state index contributed by atoms with van der Waals surface area (Å²) >= 11 is 0. The van der Waals surface area contributed by atoms with E-state index in [1.807, 2.05) is 0 Å². The molecule has 0 spiro atoms. The van der Waals surface area contributed by atoms with Crippen LogP contribution in [0.15, 0.2) is 47.4 Å². The van der Waals surface area contributed by atoms with Gasteiger partial charge in [-0.3, -0.25) is 4.55 Å². The Morgan fingerprint density at radius 3 is 2.32 bits per heavy atom. The topological polar surface area (TPSA) is 86.7 Å². The van der Waals surface area contributed by atoms with Crippen molar-refractivity contribution >= 4 is 10.1 Å². The van der Waals surface area contributed by atoms with Gasteiger partial charge in [0.15, 0.2) is 0 Å².